The van der Waals surface area contributed by atoms with Crippen molar-refractivity contribution in [1.29, 1.82) is 0 Å². The predicted octanol–water partition coefficient (Wildman–Crippen LogP) is 2.82. The molecule has 0 saturated heterocycles. The summed E-state index contributed by atoms with van der Waals surface area (Å²) in [5.74, 6) is -0.229. The Hall–Kier alpha value is -3.03. The van der Waals surface area contributed by atoms with E-state index in [-0.39, 0.29) is 36.5 Å². The summed E-state index contributed by atoms with van der Waals surface area (Å²) < 4.78 is 24.9. The molecule has 0 radical (unpaired) electrons. The van der Waals surface area contributed by atoms with E-state index in [0.29, 0.717) is 12.1 Å². The highest BCUT2D eigenvalue weighted by Crippen LogP contribution is 2.17. The van der Waals surface area contributed by atoms with Crippen LogP contribution < -0.4 is 0 Å². The van der Waals surface area contributed by atoms with Crippen LogP contribution >= 0.6 is 0 Å². The van der Waals surface area contributed by atoms with E-state index in [9.17, 15) is 9.18 Å². The molecule has 7 nitrogen and oxygen atoms in total. The third-order valence-corrected chi connectivity index (χ3v) is 3.55. The van der Waals surface area contributed by atoms with Gasteiger partial charge in [-0.25, -0.2) is 4.39 Å². The van der Waals surface area contributed by atoms with E-state index in [1.165, 1.54) is 24.3 Å². The molecule has 2 aromatic heterocycles. The van der Waals surface area contributed by atoms with E-state index in [1.54, 1.807) is 4.68 Å². The normalized spacial score (nSPS) is 10.8. The number of hydrogen-bond donors (Lipinski definition) is 0. The van der Waals surface area contributed by atoms with Crippen LogP contribution in [-0.4, -0.2) is 25.9 Å². The molecule has 0 amide bonds. The van der Waals surface area contributed by atoms with Gasteiger partial charge >= 0.3 is 5.97 Å². The average molecular weight is 344 g/mol. The Balaban J connectivity index is 1.51. The molecular formula is C17H17FN4O3. The maximum atomic E-state index is 12.9. The first-order valence-electron chi connectivity index (χ1n) is 7.76. The van der Waals surface area contributed by atoms with Crippen molar-refractivity contribution in [3.63, 3.8) is 0 Å². The van der Waals surface area contributed by atoms with Gasteiger partial charge in [0, 0.05) is 11.3 Å². The molecule has 0 saturated carbocycles. The van der Waals surface area contributed by atoms with Gasteiger partial charge in [-0.1, -0.05) is 5.16 Å². The summed E-state index contributed by atoms with van der Waals surface area (Å²) in [7, 11) is 0. The first-order valence-corrected chi connectivity index (χ1v) is 7.76. The van der Waals surface area contributed by atoms with E-state index < -0.39 is 0 Å². The van der Waals surface area contributed by atoms with Gasteiger partial charge in [0.15, 0.2) is 6.61 Å². The first-order chi connectivity index (χ1) is 12.0. The Morgan fingerprint density at radius 3 is 2.72 bits per heavy atom. The number of carbonyl (C=O) groups excluding carboxylic acids is 1. The number of carbonyl (C=O) groups is 1. The van der Waals surface area contributed by atoms with Crippen molar-refractivity contribution in [3.8, 4) is 11.5 Å². The second-order valence-electron chi connectivity index (χ2n) is 5.58. The minimum Gasteiger partial charge on any atom is -0.457 e. The lowest BCUT2D eigenvalue weighted by Gasteiger charge is -2.04. The molecule has 0 aliphatic heterocycles. The maximum absolute atomic E-state index is 12.9. The molecule has 25 heavy (non-hydrogen) atoms. The fourth-order valence-electron chi connectivity index (χ4n) is 2.34. The highest BCUT2D eigenvalue weighted by molar-refractivity contribution is 5.69. The van der Waals surface area contributed by atoms with Crippen LogP contribution in [0.4, 0.5) is 4.39 Å². The molecule has 0 aliphatic rings. The molecule has 130 valence electrons. The van der Waals surface area contributed by atoms with E-state index in [0.717, 1.165) is 11.4 Å². The van der Waals surface area contributed by atoms with E-state index in [2.05, 4.69) is 15.2 Å². The van der Waals surface area contributed by atoms with Crippen molar-refractivity contribution in [1.82, 2.24) is 19.9 Å². The third-order valence-electron chi connectivity index (χ3n) is 3.55. The number of nitrogens with zero attached hydrogens (tertiary/aromatic N) is 4. The molecule has 0 unspecified atom stereocenters. The lowest BCUT2D eigenvalue weighted by atomic mass is 10.2. The minimum absolute atomic E-state index is 0.0827. The zero-order valence-electron chi connectivity index (χ0n) is 13.9. The zero-order valence-corrected chi connectivity index (χ0v) is 13.9. The van der Waals surface area contributed by atoms with Crippen molar-refractivity contribution < 1.29 is 18.4 Å². The molecule has 3 aromatic rings. The van der Waals surface area contributed by atoms with Crippen molar-refractivity contribution in [2.24, 2.45) is 0 Å². The lowest BCUT2D eigenvalue weighted by Crippen LogP contribution is -2.11. The summed E-state index contributed by atoms with van der Waals surface area (Å²) in [5, 5.41) is 8.03. The lowest BCUT2D eigenvalue weighted by molar-refractivity contribution is -0.145. The summed E-state index contributed by atoms with van der Waals surface area (Å²) in [6.07, 6.45) is 0.199. The van der Waals surface area contributed by atoms with Crippen LogP contribution in [-0.2, 0) is 22.7 Å². The number of hydrogen-bond acceptors (Lipinski definition) is 6. The molecule has 0 spiro atoms. The Bertz CT molecular complexity index is 870. The highest BCUT2D eigenvalue weighted by atomic mass is 19.1. The molecule has 1 aromatic carbocycles. The van der Waals surface area contributed by atoms with Crippen LogP contribution in [0.1, 0.15) is 23.6 Å². The van der Waals surface area contributed by atoms with Gasteiger partial charge < -0.3 is 9.26 Å². The topological polar surface area (TPSA) is 83.0 Å². The quantitative estimate of drug-likeness (QED) is 0.640. The minimum atomic E-state index is -0.374. The van der Waals surface area contributed by atoms with Crippen LogP contribution in [0, 0.1) is 19.7 Å². The molecular weight excluding hydrogens is 327 g/mol. The molecule has 8 heteroatoms. The van der Waals surface area contributed by atoms with Gasteiger partial charge in [-0.3, -0.25) is 9.48 Å². The Labute approximate surface area is 143 Å². The van der Waals surface area contributed by atoms with Crippen LogP contribution in [0.25, 0.3) is 11.5 Å². The first kappa shape index (κ1) is 16.8. The number of aryl methyl sites for hydroxylation is 3. The van der Waals surface area contributed by atoms with Crippen LogP contribution in [0.5, 0.6) is 0 Å². The van der Waals surface area contributed by atoms with Crippen molar-refractivity contribution >= 4 is 5.97 Å². The Kier molecular flexibility index (Phi) is 4.87. The summed E-state index contributed by atoms with van der Waals surface area (Å²) in [4.78, 5) is 16.0. The summed E-state index contributed by atoms with van der Waals surface area (Å²) in [5.41, 5.74) is 2.49. The van der Waals surface area contributed by atoms with Gasteiger partial charge in [0.1, 0.15) is 5.82 Å². The van der Waals surface area contributed by atoms with Crippen molar-refractivity contribution in [2.45, 2.75) is 33.4 Å². The second-order valence-corrected chi connectivity index (χ2v) is 5.58. The predicted molar refractivity (Wildman–Crippen MR) is 85.8 cm³/mol. The largest absolute Gasteiger partial charge is 0.457 e. The standard InChI is InChI=1S/C17H17FN4O3/c1-11-9-12(2)22(20-11)8-7-16(23)24-10-15-19-17(25-21-15)13-3-5-14(18)6-4-13/h3-6,9H,7-8,10H2,1-2H3. The monoisotopic (exact) mass is 344 g/mol. The van der Waals surface area contributed by atoms with Crippen LogP contribution in [0.15, 0.2) is 34.9 Å². The Morgan fingerprint density at radius 2 is 2.04 bits per heavy atom. The van der Waals surface area contributed by atoms with Crippen molar-refractivity contribution in [3.05, 3.63) is 53.4 Å². The third kappa shape index (κ3) is 4.28. The number of esters is 1. The van der Waals surface area contributed by atoms with E-state index in [1.807, 2.05) is 19.9 Å². The number of rotatable bonds is 6. The van der Waals surface area contributed by atoms with Crippen LogP contribution in [0.2, 0.25) is 0 Å². The molecule has 0 aliphatic carbocycles. The molecule has 0 fully saturated rings. The van der Waals surface area contributed by atoms with Gasteiger partial charge in [0.05, 0.1) is 18.7 Å². The van der Waals surface area contributed by atoms with Crippen LogP contribution in [0.3, 0.4) is 0 Å². The smallest absolute Gasteiger partial charge is 0.308 e. The maximum Gasteiger partial charge on any atom is 0.308 e. The van der Waals surface area contributed by atoms with Gasteiger partial charge in [-0.15, -0.1) is 0 Å². The fraction of sp³-hybridized carbons (Fsp3) is 0.294. The summed E-state index contributed by atoms with van der Waals surface area (Å²) >= 11 is 0. The summed E-state index contributed by atoms with van der Waals surface area (Å²) in [6, 6.07) is 7.62. The van der Waals surface area contributed by atoms with Gasteiger partial charge in [-0.2, -0.15) is 10.1 Å². The second kappa shape index (κ2) is 7.25. The number of halogens is 1. The number of ether oxygens (including phenoxy) is 1. The van der Waals surface area contributed by atoms with Gasteiger partial charge in [-0.05, 0) is 44.2 Å². The van der Waals surface area contributed by atoms with E-state index >= 15 is 0 Å². The molecule has 2 heterocycles. The van der Waals surface area contributed by atoms with Gasteiger partial charge in [0.25, 0.3) is 5.89 Å². The summed E-state index contributed by atoms with van der Waals surface area (Å²) in [6.45, 7) is 4.20. The molecule has 3 rings (SSSR count). The number of aromatic nitrogens is 4. The molecule has 0 atom stereocenters. The fourth-order valence-corrected chi connectivity index (χ4v) is 2.34. The SMILES string of the molecule is Cc1cc(C)n(CCC(=O)OCc2noc(-c3ccc(F)cc3)n2)n1. The zero-order chi connectivity index (χ0) is 17.8. The molecule has 0 bridgehead atoms. The number of benzene rings is 1. The van der Waals surface area contributed by atoms with E-state index in [4.69, 9.17) is 9.26 Å². The highest BCUT2D eigenvalue weighted by Gasteiger charge is 2.12. The van der Waals surface area contributed by atoms with Gasteiger partial charge in [0.2, 0.25) is 5.82 Å². The van der Waals surface area contributed by atoms with Crippen molar-refractivity contribution in [2.75, 3.05) is 0 Å². The Morgan fingerprint density at radius 1 is 1.28 bits per heavy atom. The average Bonchev–Trinajstić information content (AvgIpc) is 3.18. The molecule has 0 N–H and O–H groups in total.